The van der Waals surface area contributed by atoms with Gasteiger partial charge in [0.15, 0.2) is 0 Å². The third-order valence-electron chi connectivity index (χ3n) is 3.47. The Bertz CT molecular complexity index is 545. The van der Waals surface area contributed by atoms with Crippen LogP contribution in [0.15, 0.2) is 30.6 Å². The lowest BCUT2D eigenvalue weighted by atomic mass is 9.98. The fraction of sp³-hybridized carbons (Fsp3) is 0.400. The minimum atomic E-state index is -0.00935. The second kappa shape index (κ2) is 5.99. The van der Waals surface area contributed by atoms with Crippen molar-refractivity contribution in [2.24, 2.45) is 5.84 Å². The van der Waals surface area contributed by atoms with Crippen LogP contribution in [-0.2, 0) is 6.54 Å². The van der Waals surface area contributed by atoms with Crippen molar-refractivity contribution < 1.29 is 0 Å². The maximum Gasteiger partial charge on any atom is 0.0740 e. The molecule has 1 atom stereocenters. The maximum absolute atomic E-state index is 5.72. The van der Waals surface area contributed by atoms with Gasteiger partial charge in [-0.2, -0.15) is 5.10 Å². The molecule has 1 aromatic heterocycles. The van der Waals surface area contributed by atoms with Crippen LogP contribution in [0.1, 0.15) is 41.6 Å². The monoisotopic (exact) mass is 258 g/mol. The maximum atomic E-state index is 5.72. The van der Waals surface area contributed by atoms with Gasteiger partial charge in [-0.05, 0) is 37.0 Å². The van der Waals surface area contributed by atoms with Gasteiger partial charge in [-0.25, -0.2) is 5.43 Å². The molecular formula is C15H22N4. The number of hydrogen-bond acceptors (Lipinski definition) is 3. The van der Waals surface area contributed by atoms with Gasteiger partial charge in [-0.3, -0.25) is 10.5 Å². The van der Waals surface area contributed by atoms with E-state index in [4.69, 9.17) is 5.84 Å². The highest BCUT2D eigenvalue weighted by Gasteiger charge is 2.14. The number of benzene rings is 1. The summed E-state index contributed by atoms with van der Waals surface area (Å²) < 4.78 is 1.96. The summed E-state index contributed by atoms with van der Waals surface area (Å²) in [5, 5.41) is 4.36. The van der Waals surface area contributed by atoms with Crippen LogP contribution in [0.2, 0.25) is 0 Å². The van der Waals surface area contributed by atoms with Crippen molar-refractivity contribution in [3.8, 4) is 0 Å². The fourth-order valence-electron chi connectivity index (χ4n) is 2.21. The predicted octanol–water partition coefficient (Wildman–Crippen LogP) is 2.46. The molecule has 2 rings (SSSR count). The Morgan fingerprint density at radius 3 is 2.68 bits per heavy atom. The highest BCUT2D eigenvalue weighted by molar-refractivity contribution is 5.35. The van der Waals surface area contributed by atoms with Crippen LogP contribution < -0.4 is 11.3 Å². The summed E-state index contributed by atoms with van der Waals surface area (Å²) in [4.78, 5) is 0. The van der Waals surface area contributed by atoms with E-state index in [1.165, 1.54) is 16.7 Å². The molecule has 3 N–H and O–H groups in total. The number of hydrogen-bond donors (Lipinski definition) is 2. The average molecular weight is 258 g/mol. The number of aromatic nitrogens is 2. The average Bonchev–Trinajstić information content (AvgIpc) is 2.83. The largest absolute Gasteiger partial charge is 0.272 e. The van der Waals surface area contributed by atoms with Crippen molar-refractivity contribution in [2.75, 3.05) is 0 Å². The second-order valence-corrected chi connectivity index (χ2v) is 4.98. The first-order valence-corrected chi connectivity index (χ1v) is 6.71. The van der Waals surface area contributed by atoms with Gasteiger partial charge in [0.25, 0.3) is 0 Å². The number of rotatable bonds is 5. The molecule has 0 amide bonds. The highest BCUT2D eigenvalue weighted by Crippen LogP contribution is 2.23. The van der Waals surface area contributed by atoms with Crippen LogP contribution in [0, 0.1) is 13.8 Å². The first kappa shape index (κ1) is 13.8. The Morgan fingerprint density at radius 2 is 2.05 bits per heavy atom. The SMILES string of the molecule is CCCn1cc(C(NN)c2ccc(C)c(C)c2)cn1. The predicted molar refractivity (Wildman–Crippen MR) is 77.6 cm³/mol. The van der Waals surface area contributed by atoms with Crippen molar-refractivity contribution >= 4 is 0 Å². The fourth-order valence-corrected chi connectivity index (χ4v) is 2.21. The molecule has 0 saturated heterocycles. The van der Waals surface area contributed by atoms with Gasteiger partial charge in [0.2, 0.25) is 0 Å². The third-order valence-corrected chi connectivity index (χ3v) is 3.47. The molecule has 0 saturated carbocycles. The number of hydrazine groups is 1. The van der Waals surface area contributed by atoms with E-state index in [1.54, 1.807) is 0 Å². The Hall–Kier alpha value is -1.65. The van der Waals surface area contributed by atoms with E-state index in [9.17, 15) is 0 Å². The van der Waals surface area contributed by atoms with E-state index in [1.807, 2.05) is 10.9 Å². The molecule has 4 heteroatoms. The number of nitrogens with two attached hydrogens (primary N) is 1. The van der Waals surface area contributed by atoms with Gasteiger partial charge in [0.1, 0.15) is 0 Å². The molecule has 0 spiro atoms. The van der Waals surface area contributed by atoms with Crippen LogP contribution in [0.25, 0.3) is 0 Å². The van der Waals surface area contributed by atoms with Crippen molar-refractivity contribution in [2.45, 2.75) is 39.8 Å². The first-order chi connectivity index (χ1) is 9.15. The third kappa shape index (κ3) is 3.03. The Morgan fingerprint density at radius 1 is 1.26 bits per heavy atom. The van der Waals surface area contributed by atoms with Gasteiger partial charge in [-0.1, -0.05) is 25.1 Å². The molecule has 0 fully saturated rings. The van der Waals surface area contributed by atoms with Crippen molar-refractivity contribution in [3.05, 3.63) is 52.8 Å². The highest BCUT2D eigenvalue weighted by atomic mass is 15.3. The molecule has 1 heterocycles. The Balaban J connectivity index is 2.29. The van der Waals surface area contributed by atoms with Gasteiger partial charge in [0, 0.05) is 18.3 Å². The molecule has 0 radical (unpaired) electrons. The molecule has 0 aliphatic rings. The Labute approximate surface area is 114 Å². The van der Waals surface area contributed by atoms with Crippen LogP contribution >= 0.6 is 0 Å². The van der Waals surface area contributed by atoms with E-state index in [0.717, 1.165) is 18.5 Å². The van der Waals surface area contributed by atoms with E-state index < -0.39 is 0 Å². The number of nitrogens with one attached hydrogen (secondary N) is 1. The molecule has 102 valence electrons. The van der Waals surface area contributed by atoms with Crippen LogP contribution in [-0.4, -0.2) is 9.78 Å². The van der Waals surface area contributed by atoms with Crippen LogP contribution in [0.3, 0.4) is 0 Å². The molecule has 0 aliphatic heterocycles. The first-order valence-electron chi connectivity index (χ1n) is 6.71. The van der Waals surface area contributed by atoms with Gasteiger partial charge in [0.05, 0.1) is 12.2 Å². The summed E-state index contributed by atoms with van der Waals surface area (Å²) in [7, 11) is 0. The van der Waals surface area contributed by atoms with Gasteiger partial charge >= 0.3 is 0 Å². The standard InChI is InChI=1S/C15H22N4/c1-4-7-19-10-14(9-17-19)15(18-16)13-6-5-11(2)12(3)8-13/h5-6,8-10,15,18H,4,7,16H2,1-3H3. The van der Waals surface area contributed by atoms with Crippen molar-refractivity contribution in [1.29, 1.82) is 0 Å². The molecule has 1 unspecified atom stereocenters. The number of aryl methyl sites for hydroxylation is 3. The Kier molecular flexibility index (Phi) is 4.35. The summed E-state index contributed by atoms with van der Waals surface area (Å²) in [5.41, 5.74) is 7.72. The summed E-state index contributed by atoms with van der Waals surface area (Å²) in [5.74, 6) is 5.72. The minimum absolute atomic E-state index is 0.00935. The van der Waals surface area contributed by atoms with Crippen LogP contribution in [0.4, 0.5) is 0 Å². The van der Waals surface area contributed by atoms with Crippen molar-refractivity contribution in [3.63, 3.8) is 0 Å². The van der Waals surface area contributed by atoms with Crippen molar-refractivity contribution in [1.82, 2.24) is 15.2 Å². The molecule has 2 aromatic rings. The van der Waals surface area contributed by atoms with E-state index in [0.29, 0.717) is 0 Å². The lowest BCUT2D eigenvalue weighted by molar-refractivity contribution is 0.598. The zero-order valence-corrected chi connectivity index (χ0v) is 11.9. The smallest absolute Gasteiger partial charge is 0.0740 e. The second-order valence-electron chi connectivity index (χ2n) is 4.98. The zero-order valence-electron chi connectivity index (χ0n) is 11.9. The summed E-state index contributed by atoms with van der Waals surface area (Å²) in [6.45, 7) is 7.31. The topological polar surface area (TPSA) is 55.9 Å². The van der Waals surface area contributed by atoms with E-state index in [2.05, 4.69) is 55.7 Å². The lowest BCUT2D eigenvalue weighted by Gasteiger charge is -2.16. The summed E-state index contributed by atoms with van der Waals surface area (Å²) in [6.07, 6.45) is 5.02. The van der Waals surface area contributed by atoms with Gasteiger partial charge in [-0.15, -0.1) is 0 Å². The quantitative estimate of drug-likeness (QED) is 0.640. The minimum Gasteiger partial charge on any atom is -0.272 e. The molecule has 0 aliphatic carbocycles. The molecule has 0 bridgehead atoms. The van der Waals surface area contributed by atoms with E-state index in [-0.39, 0.29) is 6.04 Å². The zero-order chi connectivity index (χ0) is 13.8. The molecular weight excluding hydrogens is 236 g/mol. The van der Waals surface area contributed by atoms with Crippen LogP contribution in [0.5, 0.6) is 0 Å². The molecule has 4 nitrogen and oxygen atoms in total. The summed E-state index contributed by atoms with van der Waals surface area (Å²) >= 11 is 0. The molecule has 1 aromatic carbocycles. The summed E-state index contributed by atoms with van der Waals surface area (Å²) in [6, 6.07) is 6.41. The lowest BCUT2D eigenvalue weighted by Crippen LogP contribution is -2.28. The van der Waals surface area contributed by atoms with E-state index >= 15 is 0 Å². The number of nitrogens with zero attached hydrogens (tertiary/aromatic N) is 2. The molecule has 19 heavy (non-hydrogen) atoms. The normalized spacial score (nSPS) is 12.6. The van der Waals surface area contributed by atoms with Gasteiger partial charge < -0.3 is 0 Å².